The molecule has 0 aliphatic carbocycles. The van der Waals surface area contributed by atoms with Gasteiger partial charge in [-0.2, -0.15) is 13.2 Å². The van der Waals surface area contributed by atoms with E-state index in [9.17, 15) is 18.0 Å². The third-order valence-corrected chi connectivity index (χ3v) is 3.93. The van der Waals surface area contributed by atoms with Crippen LogP contribution in [0.4, 0.5) is 29.3 Å². The fourth-order valence-corrected chi connectivity index (χ4v) is 2.58. The first-order valence-electron chi connectivity index (χ1n) is 7.96. The first-order valence-corrected chi connectivity index (χ1v) is 7.96. The van der Waals surface area contributed by atoms with Gasteiger partial charge in [0.15, 0.2) is 0 Å². The summed E-state index contributed by atoms with van der Waals surface area (Å²) < 4.78 is 44.7. The summed E-state index contributed by atoms with van der Waals surface area (Å²) >= 11 is 0. The van der Waals surface area contributed by atoms with Crippen LogP contribution in [0.2, 0.25) is 0 Å². The molecule has 0 radical (unpaired) electrons. The minimum atomic E-state index is -4.47. The second-order valence-corrected chi connectivity index (χ2v) is 5.72. The van der Waals surface area contributed by atoms with Crippen molar-refractivity contribution in [2.24, 2.45) is 0 Å². The average Bonchev–Trinajstić information content (AvgIpc) is 2.54. The summed E-state index contributed by atoms with van der Waals surface area (Å²) in [5, 5.41) is 0. The predicted octanol–water partition coefficient (Wildman–Crippen LogP) is 3.35. The highest BCUT2D eigenvalue weighted by molar-refractivity contribution is 5.68. The minimum absolute atomic E-state index is 0.0733. The number of piperazine rings is 1. The Balaban J connectivity index is 2.01. The number of nitrogens with two attached hydrogens (primary N) is 1. The zero-order valence-corrected chi connectivity index (χ0v) is 13.6. The molecule has 1 amide bonds. The van der Waals surface area contributed by atoms with Gasteiger partial charge in [-0.25, -0.2) is 4.79 Å². The molecule has 2 rings (SSSR count). The van der Waals surface area contributed by atoms with Crippen LogP contribution in [-0.4, -0.2) is 43.8 Å². The second-order valence-electron chi connectivity index (χ2n) is 5.72. The fraction of sp³-hybridized carbons (Fsp3) is 0.562. The third kappa shape index (κ3) is 4.46. The van der Waals surface area contributed by atoms with E-state index < -0.39 is 17.8 Å². The number of carbonyl (C=O) groups is 1. The van der Waals surface area contributed by atoms with Crippen molar-refractivity contribution in [1.29, 1.82) is 0 Å². The molecule has 0 atom stereocenters. The maximum absolute atomic E-state index is 13.2. The molecule has 1 aromatic carbocycles. The zero-order chi connectivity index (χ0) is 17.7. The molecule has 0 aromatic heterocycles. The summed E-state index contributed by atoms with van der Waals surface area (Å²) in [6, 6.07) is 3.78. The normalized spacial score (nSPS) is 15.5. The van der Waals surface area contributed by atoms with E-state index in [4.69, 9.17) is 10.5 Å². The lowest BCUT2D eigenvalue weighted by molar-refractivity contribution is -0.137. The standard InChI is InChI=1S/C16H22F3N3O2/c1-2-3-10-24-15(23)22-8-6-21(7-9-22)14-5-4-12(20)11-13(14)16(17,18)19/h4-5,11H,2-3,6-10,20H2,1H3. The van der Waals surface area contributed by atoms with Gasteiger partial charge in [0.05, 0.1) is 12.2 Å². The quantitative estimate of drug-likeness (QED) is 0.672. The van der Waals surface area contributed by atoms with Crippen LogP contribution in [0.1, 0.15) is 25.3 Å². The van der Waals surface area contributed by atoms with Gasteiger partial charge in [-0.15, -0.1) is 0 Å². The molecule has 134 valence electrons. The number of ether oxygens (including phenoxy) is 1. The van der Waals surface area contributed by atoms with Crippen molar-refractivity contribution >= 4 is 17.5 Å². The summed E-state index contributed by atoms with van der Waals surface area (Å²) in [5.41, 5.74) is 4.90. The lowest BCUT2D eigenvalue weighted by atomic mass is 10.1. The largest absolute Gasteiger partial charge is 0.449 e. The number of benzene rings is 1. The van der Waals surface area contributed by atoms with Crippen molar-refractivity contribution in [3.8, 4) is 0 Å². The van der Waals surface area contributed by atoms with Crippen LogP contribution in [0.3, 0.4) is 0 Å². The molecular formula is C16H22F3N3O2. The highest BCUT2D eigenvalue weighted by Crippen LogP contribution is 2.38. The Morgan fingerprint density at radius 1 is 1.25 bits per heavy atom. The number of unbranched alkanes of at least 4 members (excludes halogenated alkanes) is 1. The Hall–Kier alpha value is -2.12. The molecule has 0 saturated carbocycles. The van der Waals surface area contributed by atoms with Gasteiger partial charge in [-0.3, -0.25) is 0 Å². The number of anilines is 2. The Kier molecular flexibility index (Phi) is 5.80. The van der Waals surface area contributed by atoms with E-state index >= 15 is 0 Å². The fourth-order valence-electron chi connectivity index (χ4n) is 2.58. The van der Waals surface area contributed by atoms with E-state index in [1.165, 1.54) is 17.0 Å². The Bertz CT molecular complexity index is 570. The number of alkyl halides is 3. The van der Waals surface area contributed by atoms with Gasteiger partial charge in [0.2, 0.25) is 0 Å². The van der Waals surface area contributed by atoms with Crippen LogP contribution in [0.25, 0.3) is 0 Å². The summed E-state index contributed by atoms with van der Waals surface area (Å²) in [4.78, 5) is 15.0. The molecule has 0 bridgehead atoms. The van der Waals surface area contributed by atoms with E-state index in [2.05, 4.69) is 0 Å². The zero-order valence-electron chi connectivity index (χ0n) is 13.6. The van der Waals surface area contributed by atoms with Gasteiger partial charge in [0.25, 0.3) is 0 Å². The predicted molar refractivity (Wildman–Crippen MR) is 85.9 cm³/mol. The Morgan fingerprint density at radius 2 is 1.92 bits per heavy atom. The number of nitrogens with zero attached hydrogens (tertiary/aromatic N) is 2. The lowest BCUT2D eigenvalue weighted by Crippen LogP contribution is -2.49. The highest BCUT2D eigenvalue weighted by Gasteiger charge is 2.36. The maximum atomic E-state index is 13.2. The SMILES string of the molecule is CCCCOC(=O)N1CCN(c2ccc(N)cc2C(F)(F)F)CC1. The molecule has 2 N–H and O–H groups in total. The van der Waals surface area contributed by atoms with Crippen LogP contribution in [-0.2, 0) is 10.9 Å². The van der Waals surface area contributed by atoms with E-state index in [0.717, 1.165) is 18.9 Å². The molecule has 0 spiro atoms. The average molecular weight is 345 g/mol. The smallest absolute Gasteiger partial charge is 0.418 e. The van der Waals surface area contributed by atoms with Crippen molar-refractivity contribution in [3.05, 3.63) is 23.8 Å². The Morgan fingerprint density at radius 3 is 2.50 bits per heavy atom. The number of nitrogen functional groups attached to an aromatic ring is 1. The molecule has 0 unspecified atom stereocenters. The number of hydrogen-bond acceptors (Lipinski definition) is 4. The van der Waals surface area contributed by atoms with Crippen molar-refractivity contribution in [1.82, 2.24) is 4.90 Å². The molecule has 1 aromatic rings. The monoisotopic (exact) mass is 345 g/mol. The summed E-state index contributed by atoms with van der Waals surface area (Å²) in [7, 11) is 0. The number of rotatable bonds is 4. The minimum Gasteiger partial charge on any atom is -0.449 e. The molecule has 24 heavy (non-hydrogen) atoms. The first kappa shape index (κ1) is 18.2. The lowest BCUT2D eigenvalue weighted by Gasteiger charge is -2.36. The third-order valence-electron chi connectivity index (χ3n) is 3.93. The summed E-state index contributed by atoms with van der Waals surface area (Å²) in [6.07, 6.45) is -3.15. The molecule has 8 heteroatoms. The second kappa shape index (κ2) is 7.63. The number of halogens is 3. The number of carbonyl (C=O) groups excluding carboxylic acids is 1. The highest BCUT2D eigenvalue weighted by atomic mass is 19.4. The number of hydrogen-bond donors (Lipinski definition) is 1. The van der Waals surface area contributed by atoms with Gasteiger partial charge in [0.1, 0.15) is 0 Å². The van der Waals surface area contributed by atoms with Crippen molar-refractivity contribution in [2.45, 2.75) is 25.9 Å². The van der Waals surface area contributed by atoms with E-state index in [0.29, 0.717) is 32.8 Å². The van der Waals surface area contributed by atoms with Gasteiger partial charge in [-0.1, -0.05) is 13.3 Å². The van der Waals surface area contributed by atoms with Crippen LogP contribution in [0, 0.1) is 0 Å². The van der Waals surface area contributed by atoms with Crippen molar-refractivity contribution < 1.29 is 22.7 Å². The number of amides is 1. The molecular weight excluding hydrogens is 323 g/mol. The van der Waals surface area contributed by atoms with Crippen LogP contribution >= 0.6 is 0 Å². The Labute approximate surface area is 139 Å². The van der Waals surface area contributed by atoms with Crippen LogP contribution < -0.4 is 10.6 Å². The van der Waals surface area contributed by atoms with Crippen molar-refractivity contribution in [2.75, 3.05) is 43.4 Å². The summed E-state index contributed by atoms with van der Waals surface area (Å²) in [6.45, 7) is 3.65. The van der Waals surface area contributed by atoms with E-state index in [1.807, 2.05) is 6.92 Å². The molecule has 1 fully saturated rings. The van der Waals surface area contributed by atoms with Gasteiger partial charge in [0, 0.05) is 37.6 Å². The van der Waals surface area contributed by atoms with Gasteiger partial charge in [-0.05, 0) is 24.6 Å². The van der Waals surface area contributed by atoms with Gasteiger partial charge < -0.3 is 20.3 Å². The van der Waals surface area contributed by atoms with Crippen molar-refractivity contribution in [3.63, 3.8) is 0 Å². The first-order chi connectivity index (χ1) is 11.3. The molecule has 1 aliphatic rings. The van der Waals surface area contributed by atoms with Crippen LogP contribution in [0.5, 0.6) is 0 Å². The summed E-state index contributed by atoms with van der Waals surface area (Å²) in [5.74, 6) is 0. The molecule has 1 heterocycles. The molecule has 1 saturated heterocycles. The van der Waals surface area contributed by atoms with E-state index in [1.54, 1.807) is 4.90 Å². The topological polar surface area (TPSA) is 58.8 Å². The molecule has 1 aliphatic heterocycles. The van der Waals surface area contributed by atoms with E-state index in [-0.39, 0.29) is 11.4 Å². The maximum Gasteiger partial charge on any atom is 0.418 e. The molecule has 5 nitrogen and oxygen atoms in total. The van der Waals surface area contributed by atoms with Crippen LogP contribution in [0.15, 0.2) is 18.2 Å². The van der Waals surface area contributed by atoms with Gasteiger partial charge >= 0.3 is 12.3 Å².